The summed E-state index contributed by atoms with van der Waals surface area (Å²) in [6, 6.07) is 13.4. The van der Waals surface area contributed by atoms with E-state index < -0.39 is 11.5 Å². The van der Waals surface area contributed by atoms with Crippen molar-refractivity contribution in [3.8, 4) is 0 Å². The molecule has 4 rings (SSSR count). The summed E-state index contributed by atoms with van der Waals surface area (Å²) in [6.45, 7) is 0. The van der Waals surface area contributed by atoms with E-state index in [0.717, 1.165) is 23.4 Å². The molecular weight excluding hydrogens is 389 g/mol. The Hall–Kier alpha value is -2.38. The summed E-state index contributed by atoms with van der Waals surface area (Å²) < 4.78 is 13.2. The monoisotopic (exact) mass is 413 g/mol. The number of hydrogen-bond donors (Lipinski definition) is 2. The van der Waals surface area contributed by atoms with E-state index in [1.54, 1.807) is 23.7 Å². The minimum Gasteiger partial charge on any atom is -0.326 e. The number of thioether (sulfide) groups is 1. The number of nitrogens with one attached hydrogen (secondary N) is 2. The maximum atomic E-state index is 13.4. The van der Waals surface area contributed by atoms with Gasteiger partial charge < -0.3 is 10.2 Å². The lowest BCUT2D eigenvalue weighted by molar-refractivity contribution is -0.131. The number of fused-ring (bicyclic) bond motifs is 2. The molecule has 2 aromatic carbocycles. The van der Waals surface area contributed by atoms with Gasteiger partial charge in [0, 0.05) is 30.0 Å². The minimum atomic E-state index is -1.07. The highest BCUT2D eigenvalue weighted by Gasteiger charge is 2.61. The Morgan fingerprint density at radius 1 is 1.28 bits per heavy atom. The standard InChI is InChI=1S/C22H24FN3O2S/c1-26-19-6-4-3-5-17(19)22(21(26)28)18(13-16(25-22)11-12-29-2)20(27)24-15-9-7-14(23)8-10-15/h3-10,16,18,25H,11-13H2,1-2H3,(H,24,27)/t16-,18+,22+/m1/s1. The second-order valence-electron chi connectivity index (χ2n) is 7.60. The van der Waals surface area contributed by atoms with Crippen LogP contribution in [-0.4, -0.2) is 36.9 Å². The zero-order chi connectivity index (χ0) is 20.6. The predicted octanol–water partition coefficient (Wildman–Crippen LogP) is 3.37. The van der Waals surface area contributed by atoms with Crippen LogP contribution in [0.4, 0.5) is 15.8 Å². The van der Waals surface area contributed by atoms with Gasteiger partial charge in [-0.3, -0.25) is 14.9 Å². The van der Waals surface area contributed by atoms with E-state index in [1.165, 1.54) is 24.3 Å². The average Bonchev–Trinajstić information content (AvgIpc) is 3.22. The van der Waals surface area contributed by atoms with Crippen molar-refractivity contribution in [1.29, 1.82) is 0 Å². The highest BCUT2D eigenvalue weighted by Crippen LogP contribution is 2.49. The number of hydrogen-bond acceptors (Lipinski definition) is 4. The molecule has 2 heterocycles. The van der Waals surface area contributed by atoms with Gasteiger partial charge in [0.2, 0.25) is 5.91 Å². The molecule has 7 heteroatoms. The molecule has 0 aromatic heterocycles. The summed E-state index contributed by atoms with van der Waals surface area (Å²) in [5.41, 5.74) is 1.12. The molecule has 1 fully saturated rings. The molecule has 2 aliphatic rings. The third-order valence-electron chi connectivity index (χ3n) is 5.91. The molecule has 2 amide bonds. The number of carbonyl (C=O) groups excluding carboxylic acids is 2. The SMILES string of the molecule is CSCC[C@@H]1C[C@@H](C(=O)Nc2ccc(F)cc2)[C@]2(N1)C(=O)N(C)c1ccccc12. The van der Waals surface area contributed by atoms with Crippen LogP contribution in [0.5, 0.6) is 0 Å². The van der Waals surface area contributed by atoms with Crippen molar-refractivity contribution in [2.24, 2.45) is 5.92 Å². The van der Waals surface area contributed by atoms with Crippen molar-refractivity contribution >= 4 is 35.0 Å². The van der Waals surface area contributed by atoms with Crippen LogP contribution in [0.1, 0.15) is 18.4 Å². The summed E-state index contributed by atoms with van der Waals surface area (Å²) in [7, 11) is 1.75. The average molecular weight is 414 g/mol. The Balaban J connectivity index is 1.71. The van der Waals surface area contributed by atoms with Gasteiger partial charge in [-0.15, -0.1) is 0 Å². The third-order valence-corrected chi connectivity index (χ3v) is 6.55. The summed E-state index contributed by atoms with van der Waals surface area (Å²) in [5, 5.41) is 6.42. The minimum absolute atomic E-state index is 0.0647. The van der Waals surface area contributed by atoms with Gasteiger partial charge in [0.05, 0.1) is 5.92 Å². The molecule has 29 heavy (non-hydrogen) atoms. The number of benzene rings is 2. The lowest BCUT2D eigenvalue weighted by atomic mass is 9.79. The van der Waals surface area contributed by atoms with Gasteiger partial charge in [-0.1, -0.05) is 18.2 Å². The maximum absolute atomic E-state index is 13.4. The van der Waals surface area contributed by atoms with Crippen molar-refractivity contribution < 1.29 is 14.0 Å². The first-order valence-electron chi connectivity index (χ1n) is 9.68. The molecule has 152 valence electrons. The molecule has 0 unspecified atom stereocenters. The summed E-state index contributed by atoms with van der Waals surface area (Å²) in [6.07, 6.45) is 3.50. The number of anilines is 2. The first-order valence-corrected chi connectivity index (χ1v) is 11.1. The Morgan fingerprint density at radius 2 is 2.00 bits per heavy atom. The van der Waals surface area contributed by atoms with Gasteiger partial charge in [-0.2, -0.15) is 11.8 Å². The van der Waals surface area contributed by atoms with E-state index in [4.69, 9.17) is 0 Å². The predicted molar refractivity (Wildman–Crippen MR) is 115 cm³/mol. The van der Waals surface area contributed by atoms with Crippen LogP contribution in [0.25, 0.3) is 0 Å². The molecular formula is C22H24FN3O2S. The molecule has 0 bridgehead atoms. The fourth-order valence-corrected chi connectivity index (χ4v) is 5.04. The zero-order valence-electron chi connectivity index (χ0n) is 16.4. The second-order valence-corrected chi connectivity index (χ2v) is 8.58. The van der Waals surface area contributed by atoms with Crippen LogP contribution in [-0.2, 0) is 15.1 Å². The van der Waals surface area contributed by atoms with Gasteiger partial charge in [0.25, 0.3) is 5.91 Å². The fraction of sp³-hybridized carbons (Fsp3) is 0.364. The molecule has 0 saturated carbocycles. The van der Waals surface area contributed by atoms with Crippen molar-refractivity contribution in [1.82, 2.24) is 5.32 Å². The smallest absolute Gasteiger partial charge is 0.252 e. The van der Waals surface area contributed by atoms with Crippen molar-refractivity contribution in [3.05, 3.63) is 59.9 Å². The Labute approximate surface area is 174 Å². The van der Waals surface area contributed by atoms with E-state index >= 15 is 0 Å². The summed E-state index contributed by atoms with van der Waals surface area (Å²) >= 11 is 1.75. The number of carbonyl (C=O) groups is 2. The molecule has 0 aliphatic carbocycles. The number of likely N-dealkylation sites (N-methyl/N-ethyl adjacent to an activating group) is 1. The van der Waals surface area contributed by atoms with Gasteiger partial charge in [0.15, 0.2) is 0 Å². The van der Waals surface area contributed by atoms with Crippen LogP contribution in [0.2, 0.25) is 0 Å². The van der Waals surface area contributed by atoms with E-state index in [2.05, 4.69) is 10.6 Å². The van der Waals surface area contributed by atoms with Crippen molar-refractivity contribution in [2.75, 3.05) is 29.3 Å². The van der Waals surface area contributed by atoms with E-state index in [-0.39, 0.29) is 23.7 Å². The highest BCUT2D eigenvalue weighted by atomic mass is 32.2. The van der Waals surface area contributed by atoms with Gasteiger partial charge in [-0.25, -0.2) is 4.39 Å². The van der Waals surface area contributed by atoms with Gasteiger partial charge in [-0.05, 0) is 55.2 Å². The molecule has 2 N–H and O–H groups in total. The number of nitrogens with zero attached hydrogens (tertiary/aromatic N) is 1. The quantitative estimate of drug-likeness (QED) is 0.789. The van der Waals surface area contributed by atoms with Crippen molar-refractivity contribution in [3.63, 3.8) is 0 Å². The number of para-hydroxylation sites is 1. The van der Waals surface area contributed by atoms with E-state index in [0.29, 0.717) is 12.1 Å². The van der Waals surface area contributed by atoms with Crippen LogP contribution in [0.3, 0.4) is 0 Å². The van der Waals surface area contributed by atoms with E-state index in [9.17, 15) is 14.0 Å². The zero-order valence-corrected chi connectivity index (χ0v) is 17.3. The third kappa shape index (κ3) is 3.32. The first-order chi connectivity index (χ1) is 14.0. The Morgan fingerprint density at radius 3 is 2.72 bits per heavy atom. The van der Waals surface area contributed by atoms with Gasteiger partial charge >= 0.3 is 0 Å². The molecule has 2 aliphatic heterocycles. The summed E-state index contributed by atoms with van der Waals surface area (Å²) in [4.78, 5) is 28.4. The lowest BCUT2D eigenvalue weighted by Crippen LogP contribution is -2.54. The van der Waals surface area contributed by atoms with Crippen molar-refractivity contribution in [2.45, 2.75) is 24.4 Å². The number of amides is 2. The highest BCUT2D eigenvalue weighted by molar-refractivity contribution is 7.98. The van der Waals surface area contributed by atoms with Crippen LogP contribution >= 0.6 is 11.8 Å². The normalized spacial score (nSPS) is 25.5. The maximum Gasteiger partial charge on any atom is 0.252 e. The van der Waals surface area contributed by atoms with Gasteiger partial charge in [0.1, 0.15) is 11.4 Å². The molecule has 3 atom stereocenters. The molecule has 2 aromatic rings. The number of halogens is 1. The van der Waals surface area contributed by atoms with Crippen LogP contribution in [0.15, 0.2) is 48.5 Å². The number of rotatable bonds is 5. The van der Waals surface area contributed by atoms with Crippen LogP contribution in [0, 0.1) is 11.7 Å². The molecule has 5 nitrogen and oxygen atoms in total. The largest absolute Gasteiger partial charge is 0.326 e. The molecule has 1 saturated heterocycles. The first kappa shape index (κ1) is 19.9. The topological polar surface area (TPSA) is 61.4 Å². The molecule has 0 radical (unpaired) electrons. The summed E-state index contributed by atoms with van der Waals surface area (Å²) in [5.74, 6) is -0.302. The Bertz CT molecular complexity index is 936. The van der Waals surface area contributed by atoms with Crippen LogP contribution < -0.4 is 15.5 Å². The lowest BCUT2D eigenvalue weighted by Gasteiger charge is -2.30. The Kier molecular flexibility index (Phi) is 5.36. The molecule has 1 spiro atoms. The second kappa shape index (κ2) is 7.80. The fourth-order valence-electron chi connectivity index (χ4n) is 4.52. The van der Waals surface area contributed by atoms with E-state index in [1.807, 2.05) is 30.5 Å².